The van der Waals surface area contributed by atoms with Crippen molar-refractivity contribution >= 4 is 35.3 Å². The van der Waals surface area contributed by atoms with Gasteiger partial charge >= 0.3 is 12.1 Å². The number of benzene rings is 3. The van der Waals surface area contributed by atoms with Crippen LogP contribution in [0.3, 0.4) is 0 Å². The normalized spacial score (nSPS) is 15.4. The van der Waals surface area contributed by atoms with Crippen molar-refractivity contribution in [3.05, 3.63) is 95.1 Å². The fourth-order valence-corrected chi connectivity index (χ4v) is 5.15. The first-order valence-electron chi connectivity index (χ1n) is 14.5. The molecule has 0 bridgehead atoms. The van der Waals surface area contributed by atoms with Crippen LogP contribution in [0.1, 0.15) is 52.4 Å². The summed E-state index contributed by atoms with van der Waals surface area (Å²) in [5, 5.41) is 15.1. The molecule has 0 radical (unpaired) electrons. The SMILES string of the molecule is Cc1ccc(C(CC(=O)O)NC(=O)c2ccc(N3CCN(C(=O)C4CC4)CC3)c(NC(=O)OCc3ccccc3)c2)cc1. The molecule has 10 nitrogen and oxygen atoms in total. The number of piperazine rings is 1. The Labute approximate surface area is 250 Å². The molecule has 224 valence electrons. The van der Waals surface area contributed by atoms with Gasteiger partial charge < -0.3 is 25.0 Å². The maximum atomic E-state index is 13.4. The molecule has 1 saturated heterocycles. The number of aliphatic carboxylic acids is 1. The molecule has 1 saturated carbocycles. The maximum Gasteiger partial charge on any atom is 0.412 e. The molecule has 0 aromatic heterocycles. The first-order valence-corrected chi connectivity index (χ1v) is 14.5. The van der Waals surface area contributed by atoms with Crippen LogP contribution < -0.4 is 15.5 Å². The third-order valence-electron chi connectivity index (χ3n) is 7.73. The first-order chi connectivity index (χ1) is 20.8. The topological polar surface area (TPSA) is 128 Å². The molecule has 3 N–H and O–H groups in total. The summed E-state index contributed by atoms with van der Waals surface area (Å²) in [6.45, 7) is 4.31. The number of nitrogens with one attached hydrogen (secondary N) is 2. The summed E-state index contributed by atoms with van der Waals surface area (Å²) in [7, 11) is 0. The molecule has 1 aliphatic heterocycles. The number of carboxylic acid groups (broad SMARTS) is 1. The number of anilines is 2. The van der Waals surface area contributed by atoms with Crippen LogP contribution in [0.15, 0.2) is 72.8 Å². The second kappa shape index (κ2) is 13.4. The van der Waals surface area contributed by atoms with Gasteiger partial charge in [0.15, 0.2) is 0 Å². The highest BCUT2D eigenvalue weighted by atomic mass is 16.5. The van der Waals surface area contributed by atoms with Gasteiger partial charge in [0.25, 0.3) is 5.91 Å². The first kappa shape index (κ1) is 29.6. The molecule has 10 heteroatoms. The van der Waals surface area contributed by atoms with Crippen LogP contribution in [-0.2, 0) is 20.9 Å². The van der Waals surface area contributed by atoms with Crippen molar-refractivity contribution in [2.45, 2.75) is 38.8 Å². The number of carbonyl (C=O) groups excluding carboxylic acids is 3. The Balaban J connectivity index is 1.34. The third kappa shape index (κ3) is 7.91. The van der Waals surface area contributed by atoms with Crippen molar-refractivity contribution in [1.82, 2.24) is 10.2 Å². The molecular weight excluding hydrogens is 548 g/mol. The Morgan fingerprint density at radius 1 is 0.930 bits per heavy atom. The molecular formula is C33H36N4O6. The van der Waals surface area contributed by atoms with Gasteiger partial charge in [0.05, 0.1) is 23.8 Å². The van der Waals surface area contributed by atoms with Crippen LogP contribution in [0.4, 0.5) is 16.2 Å². The zero-order valence-electron chi connectivity index (χ0n) is 24.1. The molecule has 3 aromatic carbocycles. The zero-order valence-corrected chi connectivity index (χ0v) is 24.1. The summed E-state index contributed by atoms with van der Waals surface area (Å²) in [6, 6.07) is 20.9. The van der Waals surface area contributed by atoms with Gasteiger partial charge in [-0.1, -0.05) is 60.2 Å². The number of ether oxygens (including phenoxy) is 1. The number of amides is 3. The lowest BCUT2D eigenvalue weighted by Crippen LogP contribution is -2.49. The monoisotopic (exact) mass is 584 g/mol. The maximum absolute atomic E-state index is 13.4. The average molecular weight is 585 g/mol. The van der Waals surface area contributed by atoms with Crippen LogP contribution in [0.2, 0.25) is 0 Å². The molecule has 5 rings (SSSR count). The fourth-order valence-electron chi connectivity index (χ4n) is 5.15. The fraction of sp³-hybridized carbons (Fsp3) is 0.333. The van der Waals surface area contributed by atoms with Crippen molar-refractivity contribution < 1.29 is 29.0 Å². The quantitative estimate of drug-likeness (QED) is 0.314. The van der Waals surface area contributed by atoms with Gasteiger partial charge in [0, 0.05) is 37.7 Å². The van der Waals surface area contributed by atoms with E-state index in [4.69, 9.17) is 4.74 Å². The van der Waals surface area contributed by atoms with Crippen LogP contribution in [0.25, 0.3) is 0 Å². The second-order valence-corrected chi connectivity index (χ2v) is 11.0. The highest BCUT2D eigenvalue weighted by Gasteiger charge is 2.35. The van der Waals surface area contributed by atoms with Crippen LogP contribution in [0, 0.1) is 12.8 Å². The van der Waals surface area contributed by atoms with Gasteiger partial charge in [-0.2, -0.15) is 0 Å². The molecule has 2 fully saturated rings. The van der Waals surface area contributed by atoms with Gasteiger partial charge in [-0.25, -0.2) is 4.79 Å². The van der Waals surface area contributed by atoms with E-state index in [1.165, 1.54) is 0 Å². The summed E-state index contributed by atoms with van der Waals surface area (Å²) in [5.41, 5.74) is 3.88. The summed E-state index contributed by atoms with van der Waals surface area (Å²) in [6.07, 6.45) is 0.958. The van der Waals surface area contributed by atoms with Crippen LogP contribution in [0.5, 0.6) is 0 Å². The third-order valence-corrected chi connectivity index (χ3v) is 7.73. The van der Waals surface area contributed by atoms with Gasteiger partial charge in [-0.3, -0.25) is 19.7 Å². The smallest absolute Gasteiger partial charge is 0.412 e. The van der Waals surface area contributed by atoms with E-state index < -0.39 is 24.0 Å². The zero-order chi connectivity index (χ0) is 30.3. The largest absolute Gasteiger partial charge is 0.481 e. The Morgan fingerprint density at radius 3 is 2.28 bits per heavy atom. The Morgan fingerprint density at radius 2 is 1.63 bits per heavy atom. The Kier molecular flexibility index (Phi) is 9.24. The van der Waals surface area contributed by atoms with Crippen LogP contribution >= 0.6 is 0 Å². The van der Waals surface area contributed by atoms with E-state index in [0.29, 0.717) is 43.1 Å². The lowest BCUT2D eigenvalue weighted by atomic mass is 10.0. The van der Waals surface area contributed by atoms with Gasteiger partial charge in [-0.05, 0) is 49.1 Å². The number of carboxylic acids is 1. The van der Waals surface area contributed by atoms with E-state index in [1.807, 2.05) is 54.3 Å². The Hall–Kier alpha value is -4.86. The highest BCUT2D eigenvalue weighted by molar-refractivity contribution is 5.99. The molecule has 43 heavy (non-hydrogen) atoms. The van der Waals surface area contributed by atoms with E-state index in [0.717, 1.165) is 24.0 Å². The van der Waals surface area contributed by atoms with E-state index in [-0.39, 0.29) is 30.4 Å². The van der Waals surface area contributed by atoms with Crippen molar-refractivity contribution in [3.63, 3.8) is 0 Å². The highest BCUT2D eigenvalue weighted by Crippen LogP contribution is 2.33. The molecule has 1 unspecified atom stereocenters. The molecule has 1 atom stereocenters. The summed E-state index contributed by atoms with van der Waals surface area (Å²) >= 11 is 0. The van der Waals surface area contributed by atoms with E-state index in [2.05, 4.69) is 15.5 Å². The predicted molar refractivity (Wildman–Crippen MR) is 162 cm³/mol. The number of nitrogens with zero attached hydrogens (tertiary/aromatic N) is 2. The minimum Gasteiger partial charge on any atom is -0.481 e. The minimum atomic E-state index is -1.04. The molecule has 1 aliphatic carbocycles. The number of rotatable bonds is 10. The van der Waals surface area contributed by atoms with E-state index in [1.54, 1.807) is 30.3 Å². The van der Waals surface area contributed by atoms with Gasteiger partial charge in [0.1, 0.15) is 6.61 Å². The molecule has 3 amide bonds. The summed E-state index contributed by atoms with van der Waals surface area (Å²) < 4.78 is 5.45. The molecule has 1 heterocycles. The average Bonchev–Trinajstić information content (AvgIpc) is 3.86. The Bertz CT molecular complexity index is 1460. The lowest BCUT2D eigenvalue weighted by Gasteiger charge is -2.37. The van der Waals surface area contributed by atoms with E-state index in [9.17, 15) is 24.3 Å². The second-order valence-electron chi connectivity index (χ2n) is 11.0. The standard InChI is InChI=1S/C33H36N4O6/c1-22-7-9-24(10-8-22)27(20-30(38)39)34-31(40)26-13-14-29(36-15-17-37(18-16-36)32(41)25-11-12-25)28(19-26)35-33(42)43-21-23-5-3-2-4-6-23/h2-10,13-14,19,25,27H,11-12,15-18,20-21H2,1H3,(H,34,40)(H,35,42)(H,38,39). The van der Waals surface area contributed by atoms with Gasteiger partial charge in [0.2, 0.25) is 5.91 Å². The van der Waals surface area contributed by atoms with Crippen LogP contribution in [-0.4, -0.2) is 60.1 Å². The van der Waals surface area contributed by atoms with Crippen molar-refractivity contribution in [3.8, 4) is 0 Å². The van der Waals surface area contributed by atoms with Crippen molar-refractivity contribution in [1.29, 1.82) is 0 Å². The van der Waals surface area contributed by atoms with Crippen molar-refractivity contribution in [2.24, 2.45) is 5.92 Å². The van der Waals surface area contributed by atoms with Gasteiger partial charge in [-0.15, -0.1) is 0 Å². The lowest BCUT2D eigenvalue weighted by molar-refractivity contribution is -0.137. The number of hydrogen-bond donors (Lipinski definition) is 3. The number of hydrogen-bond acceptors (Lipinski definition) is 6. The number of carbonyl (C=O) groups is 4. The number of aryl methyl sites for hydroxylation is 1. The molecule has 0 spiro atoms. The molecule has 3 aromatic rings. The molecule has 2 aliphatic rings. The summed E-state index contributed by atoms with van der Waals surface area (Å²) in [5.74, 6) is -1.15. The van der Waals surface area contributed by atoms with E-state index >= 15 is 0 Å². The van der Waals surface area contributed by atoms with Crippen molar-refractivity contribution in [2.75, 3.05) is 36.4 Å². The summed E-state index contributed by atoms with van der Waals surface area (Å²) in [4.78, 5) is 54.4. The predicted octanol–water partition coefficient (Wildman–Crippen LogP) is 4.75. The minimum absolute atomic E-state index is 0.0809.